The lowest BCUT2D eigenvalue weighted by atomic mass is 10.2. The molecule has 4 aromatic rings. The Morgan fingerprint density at radius 1 is 1.17 bits per heavy atom. The summed E-state index contributed by atoms with van der Waals surface area (Å²) in [5.41, 5.74) is 5.51. The highest BCUT2D eigenvalue weighted by molar-refractivity contribution is 7.99. The molecule has 2 aromatic heterocycles. The van der Waals surface area contributed by atoms with Crippen molar-refractivity contribution in [2.75, 3.05) is 5.75 Å². The average molecular weight is 457 g/mol. The van der Waals surface area contributed by atoms with Gasteiger partial charge in [-0.25, -0.2) is 10.4 Å². The number of aromatic amines is 1. The molecular formula is C21H17ClN4O2S2. The van der Waals surface area contributed by atoms with Crippen molar-refractivity contribution < 1.29 is 9.21 Å². The van der Waals surface area contributed by atoms with Gasteiger partial charge in [0.25, 0.3) is 0 Å². The lowest BCUT2D eigenvalue weighted by Gasteiger charge is -2.01. The molecule has 0 aliphatic carbocycles. The van der Waals surface area contributed by atoms with E-state index in [2.05, 4.69) is 20.5 Å². The molecule has 6 nitrogen and oxygen atoms in total. The molecule has 0 saturated heterocycles. The Hall–Kier alpha value is -2.68. The van der Waals surface area contributed by atoms with Gasteiger partial charge in [-0.2, -0.15) is 5.10 Å². The minimum Gasteiger partial charge on any atom is -0.448 e. The van der Waals surface area contributed by atoms with Crippen LogP contribution in [0.2, 0.25) is 5.02 Å². The molecule has 0 saturated carbocycles. The van der Waals surface area contributed by atoms with Crippen molar-refractivity contribution >= 4 is 58.3 Å². The van der Waals surface area contributed by atoms with Gasteiger partial charge in [0.2, 0.25) is 5.91 Å². The number of hydrazone groups is 1. The third kappa shape index (κ3) is 5.69. The Kier molecular flexibility index (Phi) is 6.78. The van der Waals surface area contributed by atoms with Crippen LogP contribution >= 0.6 is 35.1 Å². The van der Waals surface area contributed by atoms with Crippen molar-refractivity contribution in [1.29, 1.82) is 0 Å². The fourth-order valence-corrected chi connectivity index (χ4v) is 4.25. The zero-order valence-corrected chi connectivity index (χ0v) is 18.1. The third-order valence-corrected chi connectivity index (χ3v) is 6.03. The van der Waals surface area contributed by atoms with Gasteiger partial charge in [0.15, 0.2) is 10.2 Å². The van der Waals surface area contributed by atoms with E-state index in [9.17, 15) is 4.79 Å². The van der Waals surface area contributed by atoms with Gasteiger partial charge in [0.05, 0.1) is 23.0 Å². The number of carbonyl (C=O) groups is 1. The smallest absolute Gasteiger partial charge is 0.250 e. The lowest BCUT2D eigenvalue weighted by molar-refractivity contribution is -0.118. The molecule has 0 spiro atoms. The average Bonchev–Trinajstić information content (AvgIpc) is 3.36. The number of halogens is 1. The predicted octanol–water partition coefficient (Wildman–Crippen LogP) is 5.34. The Balaban J connectivity index is 1.23. The standard InChI is InChI=1S/C21H17ClN4O2S2/c22-15-7-5-14(6-8-15)12-29-13-19(27)26-23-11-16-9-10-20(28-16)30-21-24-17-3-1-2-4-18(17)25-21/h1-11H,12-13H2,(H,24,25)(H,26,27)/b23-11-. The first-order chi connectivity index (χ1) is 14.7. The van der Waals surface area contributed by atoms with Gasteiger partial charge in [-0.1, -0.05) is 35.9 Å². The number of rotatable bonds is 8. The predicted molar refractivity (Wildman–Crippen MR) is 122 cm³/mol. The summed E-state index contributed by atoms with van der Waals surface area (Å²) in [6, 6.07) is 19.0. The Bertz CT molecular complexity index is 1140. The van der Waals surface area contributed by atoms with Crippen molar-refractivity contribution in [3.05, 3.63) is 77.0 Å². The second-order valence-electron chi connectivity index (χ2n) is 6.23. The molecule has 4 rings (SSSR count). The fraction of sp³-hybridized carbons (Fsp3) is 0.0952. The molecule has 9 heteroatoms. The number of nitrogens with zero attached hydrogens (tertiary/aromatic N) is 2. The number of thioether (sulfide) groups is 1. The molecule has 1 amide bonds. The van der Waals surface area contributed by atoms with Gasteiger partial charge in [0.1, 0.15) is 5.76 Å². The number of hydrogen-bond acceptors (Lipinski definition) is 6. The van der Waals surface area contributed by atoms with Gasteiger partial charge in [0, 0.05) is 10.8 Å². The topological polar surface area (TPSA) is 83.3 Å². The normalized spacial score (nSPS) is 11.4. The number of carbonyl (C=O) groups excluding carboxylic acids is 1. The van der Waals surface area contributed by atoms with E-state index in [4.69, 9.17) is 16.0 Å². The number of imidazole rings is 1. The highest BCUT2D eigenvalue weighted by Crippen LogP contribution is 2.28. The number of H-pyrrole nitrogens is 1. The highest BCUT2D eigenvalue weighted by atomic mass is 35.5. The number of fused-ring (bicyclic) bond motifs is 1. The van der Waals surface area contributed by atoms with Gasteiger partial charge < -0.3 is 9.40 Å². The summed E-state index contributed by atoms with van der Waals surface area (Å²) in [5.74, 6) is 1.41. The Labute approximate surface area is 186 Å². The van der Waals surface area contributed by atoms with Crippen LogP contribution in [0.15, 0.2) is 80.4 Å². The molecule has 0 unspecified atom stereocenters. The molecule has 152 valence electrons. The zero-order valence-electron chi connectivity index (χ0n) is 15.7. The van der Waals surface area contributed by atoms with Crippen LogP contribution < -0.4 is 5.43 Å². The summed E-state index contributed by atoms with van der Waals surface area (Å²) in [4.78, 5) is 19.6. The van der Waals surface area contributed by atoms with Crippen LogP contribution in [0, 0.1) is 0 Å². The van der Waals surface area contributed by atoms with E-state index in [1.54, 1.807) is 6.07 Å². The van der Waals surface area contributed by atoms with E-state index in [1.165, 1.54) is 29.7 Å². The fourth-order valence-electron chi connectivity index (χ4n) is 2.57. The van der Waals surface area contributed by atoms with E-state index in [-0.39, 0.29) is 5.91 Å². The quantitative estimate of drug-likeness (QED) is 0.276. The zero-order chi connectivity index (χ0) is 20.8. The first kappa shape index (κ1) is 20.6. The summed E-state index contributed by atoms with van der Waals surface area (Å²) in [6.45, 7) is 0. The molecule has 0 radical (unpaired) electrons. The molecule has 2 heterocycles. The van der Waals surface area contributed by atoms with Crippen molar-refractivity contribution in [2.45, 2.75) is 16.0 Å². The van der Waals surface area contributed by atoms with Crippen LogP contribution in [0.5, 0.6) is 0 Å². The van der Waals surface area contributed by atoms with E-state index in [1.807, 2.05) is 54.6 Å². The molecule has 30 heavy (non-hydrogen) atoms. The molecule has 0 fully saturated rings. The number of para-hydroxylation sites is 2. The van der Waals surface area contributed by atoms with Crippen LogP contribution in [-0.4, -0.2) is 27.8 Å². The second kappa shape index (κ2) is 9.88. The SMILES string of the molecule is O=C(CSCc1ccc(Cl)cc1)N/N=C\c1ccc(Sc2nc3ccccc3[nH]2)o1. The number of benzene rings is 2. The largest absolute Gasteiger partial charge is 0.448 e. The minimum atomic E-state index is -0.173. The molecule has 0 aliphatic rings. The maximum Gasteiger partial charge on any atom is 0.250 e. The molecule has 0 bridgehead atoms. The van der Waals surface area contributed by atoms with Crippen molar-refractivity contribution in [2.24, 2.45) is 5.10 Å². The number of furan rings is 1. The first-order valence-electron chi connectivity index (χ1n) is 9.02. The molecular weight excluding hydrogens is 440 g/mol. The highest BCUT2D eigenvalue weighted by Gasteiger charge is 2.08. The van der Waals surface area contributed by atoms with Gasteiger partial charge in [-0.3, -0.25) is 4.79 Å². The monoisotopic (exact) mass is 456 g/mol. The first-order valence-corrected chi connectivity index (χ1v) is 11.4. The molecule has 0 atom stereocenters. The number of aromatic nitrogens is 2. The maximum atomic E-state index is 11.9. The van der Waals surface area contributed by atoms with Crippen molar-refractivity contribution in [1.82, 2.24) is 15.4 Å². The second-order valence-corrected chi connectivity index (χ2v) is 8.65. The van der Waals surface area contributed by atoms with Crippen LogP contribution in [0.3, 0.4) is 0 Å². The number of hydrogen-bond donors (Lipinski definition) is 2. The van der Waals surface area contributed by atoms with E-state index >= 15 is 0 Å². The molecule has 2 aromatic carbocycles. The summed E-state index contributed by atoms with van der Waals surface area (Å²) < 4.78 is 5.70. The molecule has 0 aliphatic heterocycles. The number of amides is 1. The Morgan fingerprint density at radius 3 is 2.83 bits per heavy atom. The van der Waals surface area contributed by atoms with E-state index < -0.39 is 0 Å². The summed E-state index contributed by atoms with van der Waals surface area (Å²) in [7, 11) is 0. The van der Waals surface area contributed by atoms with Gasteiger partial charge in [-0.15, -0.1) is 11.8 Å². The summed E-state index contributed by atoms with van der Waals surface area (Å²) in [6.07, 6.45) is 1.48. The van der Waals surface area contributed by atoms with Crippen LogP contribution in [0.4, 0.5) is 0 Å². The van der Waals surface area contributed by atoms with Crippen LogP contribution in [0.25, 0.3) is 11.0 Å². The van der Waals surface area contributed by atoms with Crippen molar-refractivity contribution in [3.8, 4) is 0 Å². The molecule has 2 N–H and O–H groups in total. The summed E-state index contributed by atoms with van der Waals surface area (Å²) >= 11 is 8.76. The third-order valence-electron chi connectivity index (χ3n) is 3.96. The minimum absolute atomic E-state index is 0.173. The number of nitrogens with one attached hydrogen (secondary N) is 2. The van der Waals surface area contributed by atoms with Crippen molar-refractivity contribution in [3.63, 3.8) is 0 Å². The maximum absolute atomic E-state index is 11.9. The lowest BCUT2D eigenvalue weighted by Crippen LogP contribution is -2.19. The Morgan fingerprint density at radius 2 is 2.00 bits per heavy atom. The van der Waals surface area contributed by atoms with E-state index in [0.29, 0.717) is 21.6 Å². The van der Waals surface area contributed by atoms with Gasteiger partial charge in [-0.05, 0) is 53.7 Å². The van der Waals surface area contributed by atoms with E-state index in [0.717, 1.165) is 27.5 Å². The summed E-state index contributed by atoms with van der Waals surface area (Å²) in [5, 5.41) is 6.08. The van der Waals surface area contributed by atoms with Gasteiger partial charge >= 0.3 is 0 Å². The van der Waals surface area contributed by atoms with Crippen LogP contribution in [-0.2, 0) is 10.5 Å². The van der Waals surface area contributed by atoms with Crippen LogP contribution in [0.1, 0.15) is 11.3 Å².